The van der Waals surface area contributed by atoms with Crippen LogP contribution in [0.2, 0.25) is 0 Å². The molecular weight excluding hydrogens is 344 g/mol. The SMILES string of the molecule is CCc1nccn1C12CC(F)(C1)C2.CO.COC=O.NC12CC(F)(C1)C2. The van der Waals surface area contributed by atoms with Gasteiger partial charge < -0.3 is 20.1 Å². The van der Waals surface area contributed by atoms with Crippen LogP contribution < -0.4 is 5.73 Å². The predicted octanol–water partition coefficient (Wildman–Crippen LogP) is 2.03. The maximum absolute atomic E-state index is 13.3. The maximum atomic E-state index is 13.3. The predicted molar refractivity (Wildman–Crippen MR) is 93.1 cm³/mol. The molecule has 0 aromatic carbocycles. The molecule has 0 unspecified atom stereocenters. The third-order valence-corrected chi connectivity index (χ3v) is 5.59. The van der Waals surface area contributed by atoms with Crippen LogP contribution in [0.25, 0.3) is 0 Å². The monoisotopic (exact) mass is 373 g/mol. The van der Waals surface area contributed by atoms with E-state index in [0.717, 1.165) is 19.4 Å². The zero-order valence-electron chi connectivity index (χ0n) is 15.7. The van der Waals surface area contributed by atoms with Crippen molar-refractivity contribution in [3.05, 3.63) is 18.2 Å². The molecule has 0 atom stereocenters. The fourth-order valence-corrected chi connectivity index (χ4v) is 4.63. The van der Waals surface area contributed by atoms with Gasteiger partial charge in [-0.05, 0) is 19.3 Å². The molecule has 6 aliphatic carbocycles. The van der Waals surface area contributed by atoms with E-state index in [1.807, 2.05) is 12.4 Å². The zero-order chi connectivity index (χ0) is 19.6. The van der Waals surface area contributed by atoms with Gasteiger partial charge in [-0.3, -0.25) is 4.79 Å². The zero-order valence-corrected chi connectivity index (χ0v) is 15.7. The van der Waals surface area contributed by atoms with E-state index in [2.05, 4.69) is 21.2 Å². The molecule has 0 aliphatic heterocycles. The summed E-state index contributed by atoms with van der Waals surface area (Å²) in [6.07, 6.45) is 8.77. The summed E-state index contributed by atoms with van der Waals surface area (Å²) in [6, 6.07) is 0. The maximum Gasteiger partial charge on any atom is 0.292 e. The molecule has 7 rings (SSSR count). The summed E-state index contributed by atoms with van der Waals surface area (Å²) in [4.78, 5) is 13.2. The molecule has 0 saturated heterocycles. The minimum absolute atomic E-state index is 0.0469. The Morgan fingerprint density at radius 2 is 1.69 bits per heavy atom. The lowest BCUT2D eigenvalue weighted by Crippen LogP contribution is -2.74. The van der Waals surface area contributed by atoms with Gasteiger partial charge in [-0.15, -0.1) is 0 Å². The number of nitrogens with zero attached hydrogens (tertiary/aromatic N) is 2. The van der Waals surface area contributed by atoms with Crippen LogP contribution in [0.15, 0.2) is 12.4 Å². The van der Waals surface area contributed by atoms with Gasteiger partial charge in [-0.1, -0.05) is 6.92 Å². The van der Waals surface area contributed by atoms with Crippen LogP contribution in [0.4, 0.5) is 8.78 Å². The minimum atomic E-state index is -0.810. The number of aromatic nitrogens is 2. The van der Waals surface area contributed by atoms with Crippen LogP contribution in [-0.4, -0.2) is 52.2 Å². The van der Waals surface area contributed by atoms with Crippen molar-refractivity contribution in [2.75, 3.05) is 14.2 Å². The van der Waals surface area contributed by atoms with E-state index in [0.29, 0.717) is 45.0 Å². The average Bonchev–Trinajstić information content (AvgIpc) is 3.00. The number of alkyl halides is 2. The third kappa shape index (κ3) is 3.62. The quantitative estimate of drug-likeness (QED) is 0.792. The lowest BCUT2D eigenvalue weighted by Gasteiger charge is -2.66. The summed E-state index contributed by atoms with van der Waals surface area (Å²) in [5.74, 6) is 1.10. The molecule has 26 heavy (non-hydrogen) atoms. The molecule has 0 amide bonds. The second kappa shape index (κ2) is 7.23. The number of hydrogen-bond donors (Lipinski definition) is 2. The number of carbonyl (C=O) groups excluding carboxylic acids is 1. The van der Waals surface area contributed by atoms with Crippen molar-refractivity contribution in [1.29, 1.82) is 0 Å². The Bertz CT molecular complexity index is 583. The Labute approximate surface area is 152 Å². The van der Waals surface area contributed by atoms with Crippen LogP contribution in [0.3, 0.4) is 0 Å². The molecule has 6 aliphatic rings. The van der Waals surface area contributed by atoms with E-state index in [4.69, 9.17) is 15.6 Å². The topological polar surface area (TPSA) is 90.4 Å². The molecule has 148 valence electrons. The number of carbonyl (C=O) groups is 1. The molecule has 6 fully saturated rings. The van der Waals surface area contributed by atoms with E-state index in [1.54, 1.807) is 0 Å². The van der Waals surface area contributed by atoms with Gasteiger partial charge in [-0.2, -0.15) is 0 Å². The number of aliphatic hydroxyl groups is 1. The van der Waals surface area contributed by atoms with Crippen molar-refractivity contribution in [1.82, 2.24) is 9.55 Å². The molecule has 6 saturated carbocycles. The molecule has 1 aromatic heterocycles. The van der Waals surface area contributed by atoms with Crippen molar-refractivity contribution in [2.45, 2.75) is 74.3 Å². The highest BCUT2D eigenvalue weighted by molar-refractivity contribution is 5.36. The molecule has 3 N–H and O–H groups in total. The van der Waals surface area contributed by atoms with Crippen molar-refractivity contribution >= 4 is 6.47 Å². The highest BCUT2D eigenvalue weighted by Crippen LogP contribution is 2.67. The number of aryl methyl sites for hydroxylation is 1. The second-order valence-corrected chi connectivity index (χ2v) is 7.85. The smallest absolute Gasteiger partial charge is 0.292 e. The minimum Gasteiger partial charge on any atom is -0.471 e. The van der Waals surface area contributed by atoms with Crippen molar-refractivity contribution in [3.8, 4) is 0 Å². The Kier molecular flexibility index (Phi) is 5.77. The first-order valence-electron chi connectivity index (χ1n) is 8.82. The van der Waals surface area contributed by atoms with Crippen LogP contribution >= 0.6 is 0 Å². The molecule has 0 radical (unpaired) electrons. The summed E-state index contributed by atoms with van der Waals surface area (Å²) < 4.78 is 31.8. The fourth-order valence-electron chi connectivity index (χ4n) is 4.63. The van der Waals surface area contributed by atoms with Crippen LogP contribution in [0.1, 0.15) is 51.3 Å². The standard InChI is InChI=1S/C10H13FN2.C5H8FN.C2H4O2.CH4O/c1-2-8-12-3-4-13(8)10-5-9(11,6-10)7-10;6-4-1-5(7,2-4)3-4;1-4-2-3;1-2/h3-4H,2,5-7H2,1H3;1-3,7H2;2H,1H3;2H,1H3. The summed E-state index contributed by atoms with van der Waals surface area (Å²) >= 11 is 0. The molecule has 8 heteroatoms. The number of imidazole rings is 1. The van der Waals surface area contributed by atoms with Gasteiger partial charge in [0.15, 0.2) is 0 Å². The van der Waals surface area contributed by atoms with E-state index < -0.39 is 11.3 Å². The van der Waals surface area contributed by atoms with Crippen LogP contribution in [-0.2, 0) is 21.5 Å². The highest BCUT2D eigenvalue weighted by atomic mass is 19.1. The van der Waals surface area contributed by atoms with Gasteiger partial charge in [0.25, 0.3) is 6.47 Å². The number of methoxy groups -OCH3 is 1. The van der Waals surface area contributed by atoms with E-state index in [9.17, 15) is 8.78 Å². The third-order valence-electron chi connectivity index (χ3n) is 5.59. The number of aliphatic hydroxyl groups excluding tert-OH is 1. The Morgan fingerprint density at radius 1 is 1.23 bits per heavy atom. The van der Waals surface area contributed by atoms with Crippen LogP contribution in [0, 0.1) is 0 Å². The molecular formula is C18H29F2N3O3. The number of rotatable bonds is 3. The summed E-state index contributed by atoms with van der Waals surface area (Å²) in [5, 5.41) is 7.00. The second-order valence-electron chi connectivity index (χ2n) is 7.85. The van der Waals surface area contributed by atoms with E-state index >= 15 is 0 Å². The van der Waals surface area contributed by atoms with E-state index in [-0.39, 0.29) is 11.1 Å². The normalized spacial score (nSPS) is 39.3. The fraction of sp³-hybridized carbons (Fsp3) is 0.778. The highest BCUT2D eigenvalue weighted by Gasteiger charge is 2.70. The van der Waals surface area contributed by atoms with Gasteiger partial charge in [0, 0.05) is 50.7 Å². The first-order valence-corrected chi connectivity index (χ1v) is 8.82. The lowest BCUT2D eigenvalue weighted by atomic mass is 9.47. The van der Waals surface area contributed by atoms with Crippen molar-refractivity contribution in [3.63, 3.8) is 0 Å². The summed E-state index contributed by atoms with van der Waals surface area (Å²) in [6.45, 7) is 2.47. The van der Waals surface area contributed by atoms with Crippen molar-refractivity contribution < 1.29 is 23.4 Å². The van der Waals surface area contributed by atoms with E-state index in [1.165, 1.54) is 7.11 Å². The van der Waals surface area contributed by atoms with Gasteiger partial charge in [0.1, 0.15) is 17.2 Å². The average molecular weight is 373 g/mol. The largest absolute Gasteiger partial charge is 0.471 e. The molecule has 6 nitrogen and oxygen atoms in total. The summed E-state index contributed by atoms with van der Waals surface area (Å²) in [7, 11) is 2.31. The van der Waals surface area contributed by atoms with Gasteiger partial charge in [0.05, 0.1) is 12.6 Å². The first kappa shape index (κ1) is 20.8. The van der Waals surface area contributed by atoms with Gasteiger partial charge in [-0.25, -0.2) is 13.8 Å². The summed E-state index contributed by atoms with van der Waals surface area (Å²) in [5.41, 5.74) is 4.00. The molecule has 0 spiro atoms. The number of hydrogen-bond acceptors (Lipinski definition) is 5. The van der Waals surface area contributed by atoms with Crippen LogP contribution in [0.5, 0.6) is 0 Å². The molecule has 4 bridgehead atoms. The number of nitrogens with two attached hydrogens (primary N) is 1. The Morgan fingerprint density at radius 3 is 1.96 bits per heavy atom. The first-order chi connectivity index (χ1) is 12.2. The number of ether oxygens (including phenoxy) is 1. The van der Waals surface area contributed by atoms with Gasteiger partial charge >= 0.3 is 0 Å². The van der Waals surface area contributed by atoms with Crippen molar-refractivity contribution in [2.24, 2.45) is 5.73 Å². The molecule has 1 heterocycles. The Hall–Kier alpha value is -1.54. The molecule has 1 aromatic rings. The number of halogens is 2. The lowest BCUT2D eigenvalue weighted by molar-refractivity contribution is -0.199. The Balaban J connectivity index is 0.000000158. The van der Waals surface area contributed by atoms with Gasteiger partial charge in [0.2, 0.25) is 0 Å².